The highest BCUT2D eigenvalue weighted by atomic mass is 32.1. The monoisotopic (exact) mass is 320 g/mol. The Balaban J connectivity index is 1.82. The van der Waals surface area contributed by atoms with Gasteiger partial charge in [0.15, 0.2) is 11.9 Å². The first kappa shape index (κ1) is 14.7. The molecule has 2 heterocycles. The third-order valence-electron chi connectivity index (χ3n) is 3.77. The second-order valence-corrected chi connectivity index (χ2v) is 6.39. The third-order valence-corrected chi connectivity index (χ3v) is 4.69. The molecule has 5 nitrogen and oxygen atoms in total. The first-order chi connectivity index (χ1) is 9.95. The van der Waals surface area contributed by atoms with Gasteiger partial charge in [-0.2, -0.15) is 22.8 Å². The van der Waals surface area contributed by atoms with Gasteiger partial charge in [-0.3, -0.25) is 0 Å². The van der Waals surface area contributed by atoms with Crippen molar-refractivity contribution in [2.45, 2.75) is 56.7 Å². The van der Waals surface area contributed by atoms with Crippen LogP contribution in [0.1, 0.15) is 48.9 Å². The smallest absolute Gasteiger partial charge is 0.383 e. The largest absolute Gasteiger partial charge is 0.414 e. The molecule has 0 aliphatic heterocycles. The predicted octanol–water partition coefficient (Wildman–Crippen LogP) is 2.70. The number of aliphatic hydroxyl groups excluding tert-OH is 1. The summed E-state index contributed by atoms with van der Waals surface area (Å²) in [6.07, 6.45) is -2.07. The summed E-state index contributed by atoms with van der Waals surface area (Å²) in [5, 5.41) is 21.6. The van der Waals surface area contributed by atoms with Crippen LogP contribution in [0.15, 0.2) is 0 Å². The zero-order chi connectivity index (χ0) is 15.0. The summed E-state index contributed by atoms with van der Waals surface area (Å²) in [7, 11) is 0. The Kier molecular flexibility index (Phi) is 3.87. The molecule has 1 N–H and O–H groups in total. The number of aliphatic hydroxyl groups is 1. The molecule has 0 amide bonds. The van der Waals surface area contributed by atoms with E-state index in [9.17, 15) is 13.2 Å². The van der Waals surface area contributed by atoms with E-state index in [2.05, 4.69) is 15.3 Å². The van der Waals surface area contributed by atoms with Crippen LogP contribution >= 0.6 is 11.3 Å². The molecule has 1 aliphatic rings. The molecule has 1 atom stereocenters. The fourth-order valence-electron chi connectivity index (χ4n) is 2.65. The zero-order valence-electron chi connectivity index (χ0n) is 11.2. The van der Waals surface area contributed by atoms with E-state index in [1.807, 2.05) is 0 Å². The average Bonchev–Trinajstić information content (AvgIpc) is 2.98. The maximum atomic E-state index is 12.4. The summed E-state index contributed by atoms with van der Waals surface area (Å²) in [5.41, 5.74) is 0. The fourth-order valence-corrected chi connectivity index (χ4v) is 3.53. The quantitative estimate of drug-likeness (QED) is 0.944. The Bertz CT molecular complexity index is 618. The molecule has 0 saturated heterocycles. The van der Waals surface area contributed by atoms with E-state index in [1.54, 1.807) is 4.52 Å². The van der Waals surface area contributed by atoms with Crippen molar-refractivity contribution in [3.63, 3.8) is 0 Å². The Hall–Kier alpha value is -1.22. The van der Waals surface area contributed by atoms with Gasteiger partial charge in [-0.1, -0.05) is 30.6 Å². The number of hydrogen-bond acceptors (Lipinski definition) is 5. The van der Waals surface area contributed by atoms with E-state index in [0.29, 0.717) is 4.96 Å². The Labute approximate surface area is 122 Å². The van der Waals surface area contributed by atoms with Crippen molar-refractivity contribution in [1.82, 2.24) is 19.8 Å². The number of aromatic nitrogens is 4. The van der Waals surface area contributed by atoms with Crippen LogP contribution in [0.25, 0.3) is 4.96 Å². The molecule has 1 saturated carbocycles. The molecule has 1 aliphatic carbocycles. The van der Waals surface area contributed by atoms with Crippen LogP contribution in [-0.4, -0.2) is 37.2 Å². The van der Waals surface area contributed by atoms with Crippen molar-refractivity contribution in [3.8, 4) is 0 Å². The van der Waals surface area contributed by atoms with Gasteiger partial charge < -0.3 is 5.11 Å². The molecule has 0 aromatic carbocycles. The number of rotatable bonds is 3. The normalized spacial score (nSPS) is 19.2. The molecule has 2 aromatic rings. The van der Waals surface area contributed by atoms with Crippen LogP contribution in [0.2, 0.25) is 0 Å². The van der Waals surface area contributed by atoms with Gasteiger partial charge in [0.1, 0.15) is 5.01 Å². The molecule has 2 aromatic heterocycles. The molecule has 0 radical (unpaired) electrons. The predicted molar refractivity (Wildman–Crippen MR) is 70.3 cm³/mol. The van der Waals surface area contributed by atoms with Crippen molar-refractivity contribution in [2.24, 2.45) is 0 Å². The van der Waals surface area contributed by atoms with Crippen molar-refractivity contribution < 1.29 is 18.3 Å². The van der Waals surface area contributed by atoms with Gasteiger partial charge in [-0.05, 0) is 12.8 Å². The zero-order valence-corrected chi connectivity index (χ0v) is 12.0. The van der Waals surface area contributed by atoms with Crippen molar-refractivity contribution in [2.75, 3.05) is 0 Å². The highest BCUT2D eigenvalue weighted by Gasteiger charge is 2.39. The second kappa shape index (κ2) is 5.53. The Morgan fingerprint density at radius 1 is 1.24 bits per heavy atom. The van der Waals surface area contributed by atoms with Gasteiger partial charge in [-0.25, -0.2) is 0 Å². The maximum absolute atomic E-state index is 12.4. The molecule has 9 heteroatoms. The summed E-state index contributed by atoms with van der Waals surface area (Å²) in [5.74, 6) is 1.00. The average molecular weight is 320 g/mol. The molecule has 3 rings (SSSR count). The summed E-state index contributed by atoms with van der Waals surface area (Å²) in [6, 6.07) is 0. The summed E-state index contributed by atoms with van der Waals surface area (Å²) < 4.78 is 38.7. The van der Waals surface area contributed by atoms with Crippen LogP contribution < -0.4 is 0 Å². The lowest BCUT2D eigenvalue weighted by atomic mass is 9.89. The van der Waals surface area contributed by atoms with Gasteiger partial charge >= 0.3 is 6.18 Å². The minimum absolute atomic E-state index is 0.224. The van der Waals surface area contributed by atoms with Crippen LogP contribution in [0.5, 0.6) is 0 Å². The minimum Gasteiger partial charge on any atom is -0.383 e. The summed E-state index contributed by atoms with van der Waals surface area (Å²) in [4.78, 5) is 0.486. The molecular formula is C12H15F3N4OS. The van der Waals surface area contributed by atoms with Gasteiger partial charge in [0.2, 0.25) is 4.96 Å². The highest BCUT2D eigenvalue weighted by Crippen LogP contribution is 2.32. The third kappa shape index (κ3) is 3.03. The van der Waals surface area contributed by atoms with E-state index in [1.165, 1.54) is 6.42 Å². The molecule has 1 fully saturated rings. The molecule has 0 spiro atoms. The molecule has 1 unspecified atom stereocenters. The van der Waals surface area contributed by atoms with Gasteiger partial charge in [0.25, 0.3) is 0 Å². The Morgan fingerprint density at radius 2 is 1.95 bits per heavy atom. The topological polar surface area (TPSA) is 63.3 Å². The van der Waals surface area contributed by atoms with Gasteiger partial charge in [-0.15, -0.1) is 10.2 Å². The van der Waals surface area contributed by atoms with Crippen molar-refractivity contribution in [1.29, 1.82) is 0 Å². The van der Waals surface area contributed by atoms with E-state index in [4.69, 9.17) is 5.11 Å². The van der Waals surface area contributed by atoms with Crippen LogP contribution in [0.3, 0.4) is 0 Å². The summed E-state index contributed by atoms with van der Waals surface area (Å²) >= 11 is 1.04. The van der Waals surface area contributed by atoms with Gasteiger partial charge in [0.05, 0.1) is 0 Å². The van der Waals surface area contributed by atoms with Crippen molar-refractivity contribution >= 4 is 16.3 Å². The Morgan fingerprint density at radius 3 is 2.62 bits per heavy atom. The fraction of sp³-hybridized carbons (Fsp3) is 0.750. The highest BCUT2D eigenvalue weighted by molar-refractivity contribution is 7.16. The standard InChI is InChI=1S/C12H15F3N4OS/c13-12(14,15)8(20)6-9-18-19-10(16-17-11(19)21-9)7-4-2-1-3-5-7/h7-8,20H,1-6H2. The molecule has 21 heavy (non-hydrogen) atoms. The SMILES string of the molecule is OC(Cc1nn2c(C3CCCCC3)nnc2s1)C(F)(F)F. The van der Waals surface area contributed by atoms with Crippen LogP contribution in [0, 0.1) is 0 Å². The number of nitrogens with zero attached hydrogens (tertiary/aromatic N) is 4. The van der Waals surface area contributed by atoms with Crippen molar-refractivity contribution in [3.05, 3.63) is 10.8 Å². The maximum Gasteiger partial charge on any atom is 0.414 e. The number of hydrogen-bond donors (Lipinski definition) is 1. The van der Waals surface area contributed by atoms with E-state index in [-0.39, 0.29) is 10.9 Å². The first-order valence-corrected chi connectivity index (χ1v) is 7.72. The lowest BCUT2D eigenvalue weighted by molar-refractivity contribution is -0.203. The van der Waals surface area contributed by atoms with Gasteiger partial charge in [0, 0.05) is 12.3 Å². The molecular weight excluding hydrogens is 305 g/mol. The lowest BCUT2D eigenvalue weighted by Crippen LogP contribution is -2.30. The number of fused-ring (bicyclic) bond motifs is 1. The van der Waals surface area contributed by atoms with E-state index in [0.717, 1.165) is 42.8 Å². The van der Waals surface area contributed by atoms with E-state index < -0.39 is 18.7 Å². The van der Waals surface area contributed by atoms with Crippen LogP contribution in [-0.2, 0) is 6.42 Å². The van der Waals surface area contributed by atoms with E-state index >= 15 is 0 Å². The lowest BCUT2D eigenvalue weighted by Gasteiger charge is -2.18. The molecule has 0 bridgehead atoms. The van der Waals surface area contributed by atoms with Crippen LogP contribution in [0.4, 0.5) is 13.2 Å². The second-order valence-electron chi connectivity index (χ2n) is 5.34. The molecule has 116 valence electrons. The first-order valence-electron chi connectivity index (χ1n) is 6.91. The number of halogens is 3. The summed E-state index contributed by atoms with van der Waals surface area (Å²) in [6.45, 7) is 0. The number of alkyl halides is 3. The minimum atomic E-state index is -4.63.